The van der Waals surface area contributed by atoms with Crippen LogP contribution in [0.4, 0.5) is 0 Å². The molecule has 2 unspecified atom stereocenters. The van der Waals surface area contributed by atoms with Crippen molar-refractivity contribution in [2.75, 3.05) is 33.4 Å². The van der Waals surface area contributed by atoms with Gasteiger partial charge in [-0.1, -0.05) is 30.3 Å². The summed E-state index contributed by atoms with van der Waals surface area (Å²) in [4.78, 5) is 20.1. The molecule has 3 aliphatic rings. The average Bonchev–Trinajstić information content (AvgIpc) is 3.62. The number of rotatable bonds is 10. The molecular weight excluding hydrogens is 452 g/mol. The molecule has 2 aromatic rings. The van der Waals surface area contributed by atoms with Gasteiger partial charge in [-0.3, -0.25) is 9.88 Å². The first-order chi connectivity index (χ1) is 17.7. The molecule has 1 aliphatic carbocycles. The SMILES string of the molecule is COC(=O)C(c1ccccc1C1CCCO1)N1CC[C@@H](OCCCCc2ccc3c(n2)CCCC3)C1. The van der Waals surface area contributed by atoms with Gasteiger partial charge < -0.3 is 14.2 Å². The molecule has 1 aromatic heterocycles. The summed E-state index contributed by atoms with van der Waals surface area (Å²) in [5.74, 6) is -0.210. The predicted octanol–water partition coefficient (Wildman–Crippen LogP) is 5.14. The summed E-state index contributed by atoms with van der Waals surface area (Å²) < 4.78 is 17.5. The molecule has 2 aliphatic heterocycles. The minimum atomic E-state index is -0.418. The molecule has 0 N–H and O–H groups in total. The third-order valence-corrected chi connectivity index (χ3v) is 7.95. The summed E-state index contributed by atoms with van der Waals surface area (Å²) in [6.07, 6.45) is 11.2. The fraction of sp³-hybridized carbons (Fsp3) is 0.600. The summed E-state index contributed by atoms with van der Waals surface area (Å²) in [5.41, 5.74) is 6.11. The third-order valence-electron chi connectivity index (χ3n) is 7.95. The largest absolute Gasteiger partial charge is 0.468 e. The summed E-state index contributed by atoms with van der Waals surface area (Å²) in [5, 5.41) is 0. The molecule has 6 nitrogen and oxygen atoms in total. The highest BCUT2D eigenvalue weighted by atomic mass is 16.5. The van der Waals surface area contributed by atoms with Crippen LogP contribution in [0, 0.1) is 0 Å². The Kier molecular flexibility index (Phi) is 8.67. The Balaban J connectivity index is 1.12. The lowest BCUT2D eigenvalue weighted by Gasteiger charge is -2.28. The number of hydrogen-bond acceptors (Lipinski definition) is 6. The van der Waals surface area contributed by atoms with E-state index in [4.69, 9.17) is 19.2 Å². The molecule has 3 heterocycles. The van der Waals surface area contributed by atoms with E-state index in [1.54, 1.807) is 0 Å². The molecule has 0 spiro atoms. The number of ether oxygens (including phenoxy) is 3. The Bertz CT molecular complexity index is 1020. The molecule has 5 rings (SSSR count). The second kappa shape index (κ2) is 12.3. The first-order valence-corrected chi connectivity index (χ1v) is 13.8. The molecule has 6 heteroatoms. The number of aryl methyl sites for hydroxylation is 3. The zero-order chi connectivity index (χ0) is 24.7. The number of carbonyl (C=O) groups excluding carboxylic acids is 1. The Hall–Kier alpha value is -2.28. The van der Waals surface area contributed by atoms with Gasteiger partial charge in [0.05, 0.1) is 19.3 Å². The molecule has 0 saturated carbocycles. The molecule has 2 fully saturated rings. The zero-order valence-corrected chi connectivity index (χ0v) is 21.6. The van der Waals surface area contributed by atoms with Gasteiger partial charge in [-0.05, 0) is 87.0 Å². The van der Waals surface area contributed by atoms with E-state index in [0.717, 1.165) is 82.4 Å². The van der Waals surface area contributed by atoms with Crippen molar-refractivity contribution in [1.82, 2.24) is 9.88 Å². The number of esters is 1. The van der Waals surface area contributed by atoms with Crippen LogP contribution >= 0.6 is 0 Å². The molecule has 194 valence electrons. The number of likely N-dealkylation sites (tertiary alicyclic amines) is 1. The van der Waals surface area contributed by atoms with Gasteiger partial charge in [0.15, 0.2) is 0 Å². The number of carbonyl (C=O) groups is 1. The van der Waals surface area contributed by atoms with Crippen molar-refractivity contribution in [2.24, 2.45) is 0 Å². The summed E-state index contributed by atoms with van der Waals surface area (Å²) in [6.45, 7) is 3.10. The lowest BCUT2D eigenvalue weighted by atomic mass is 9.94. The molecular formula is C30H40N2O4. The van der Waals surface area contributed by atoms with Gasteiger partial charge in [0.2, 0.25) is 0 Å². The van der Waals surface area contributed by atoms with Gasteiger partial charge in [-0.2, -0.15) is 0 Å². The van der Waals surface area contributed by atoms with E-state index >= 15 is 0 Å². The topological polar surface area (TPSA) is 60.9 Å². The standard InChI is InChI=1S/C30H40N2O4/c1-34-30(33)29(26-12-4-3-11-25(26)28-14-8-20-36-28)32-18-17-24(21-32)35-19-7-6-10-23-16-15-22-9-2-5-13-27(22)31-23/h3-4,11-12,15-16,24,28-29H,2,5-10,13-14,17-21H2,1H3/t24-,28?,29?/m1/s1. The Morgan fingerprint density at radius 1 is 1.11 bits per heavy atom. The van der Waals surface area contributed by atoms with E-state index in [1.807, 2.05) is 12.1 Å². The van der Waals surface area contributed by atoms with Crippen LogP contribution in [0.25, 0.3) is 0 Å². The zero-order valence-electron chi connectivity index (χ0n) is 21.6. The van der Waals surface area contributed by atoms with Crippen LogP contribution in [-0.2, 0) is 38.3 Å². The van der Waals surface area contributed by atoms with E-state index < -0.39 is 6.04 Å². The van der Waals surface area contributed by atoms with Gasteiger partial charge in [0.1, 0.15) is 6.04 Å². The number of pyridine rings is 1. The van der Waals surface area contributed by atoms with E-state index in [-0.39, 0.29) is 18.2 Å². The summed E-state index contributed by atoms with van der Waals surface area (Å²) in [6, 6.07) is 12.3. The van der Waals surface area contributed by atoms with Crippen molar-refractivity contribution in [3.63, 3.8) is 0 Å². The van der Waals surface area contributed by atoms with Crippen LogP contribution in [0.2, 0.25) is 0 Å². The van der Waals surface area contributed by atoms with Gasteiger partial charge in [-0.25, -0.2) is 4.79 Å². The van der Waals surface area contributed by atoms with Crippen molar-refractivity contribution < 1.29 is 19.0 Å². The van der Waals surface area contributed by atoms with Crippen LogP contribution in [-0.4, -0.2) is 55.4 Å². The van der Waals surface area contributed by atoms with E-state index in [0.29, 0.717) is 0 Å². The highest BCUT2D eigenvalue weighted by Gasteiger charge is 2.37. The van der Waals surface area contributed by atoms with Crippen molar-refractivity contribution in [3.05, 3.63) is 64.5 Å². The second-order valence-electron chi connectivity index (χ2n) is 10.4. The van der Waals surface area contributed by atoms with Crippen LogP contribution in [0.3, 0.4) is 0 Å². The molecule has 2 saturated heterocycles. The molecule has 36 heavy (non-hydrogen) atoms. The van der Waals surface area contributed by atoms with Gasteiger partial charge >= 0.3 is 5.97 Å². The quantitative estimate of drug-likeness (QED) is 0.338. The highest BCUT2D eigenvalue weighted by Crippen LogP contribution is 2.37. The van der Waals surface area contributed by atoms with Crippen LogP contribution in [0.15, 0.2) is 36.4 Å². The summed E-state index contributed by atoms with van der Waals surface area (Å²) in [7, 11) is 1.48. The number of unbranched alkanes of at least 4 members (excludes halogenated alkanes) is 1. The van der Waals surface area contributed by atoms with Crippen LogP contribution < -0.4 is 0 Å². The molecule has 0 bridgehead atoms. The van der Waals surface area contributed by atoms with Crippen LogP contribution in [0.1, 0.15) is 85.2 Å². The third kappa shape index (κ3) is 5.99. The van der Waals surface area contributed by atoms with Crippen molar-refractivity contribution in [3.8, 4) is 0 Å². The number of aromatic nitrogens is 1. The van der Waals surface area contributed by atoms with E-state index in [9.17, 15) is 4.79 Å². The van der Waals surface area contributed by atoms with Crippen molar-refractivity contribution in [1.29, 1.82) is 0 Å². The minimum absolute atomic E-state index is 0.0626. The van der Waals surface area contributed by atoms with Gasteiger partial charge in [0, 0.05) is 37.7 Å². The van der Waals surface area contributed by atoms with E-state index in [2.05, 4.69) is 29.2 Å². The van der Waals surface area contributed by atoms with Gasteiger partial charge in [0.25, 0.3) is 0 Å². The smallest absolute Gasteiger partial charge is 0.327 e. The molecule has 1 aromatic carbocycles. The number of fused-ring (bicyclic) bond motifs is 1. The predicted molar refractivity (Wildman–Crippen MR) is 139 cm³/mol. The first kappa shape index (κ1) is 25.4. The average molecular weight is 493 g/mol. The maximum absolute atomic E-state index is 12.9. The first-order valence-electron chi connectivity index (χ1n) is 13.8. The van der Waals surface area contributed by atoms with Crippen molar-refractivity contribution in [2.45, 2.75) is 82.5 Å². The van der Waals surface area contributed by atoms with Crippen molar-refractivity contribution >= 4 is 5.97 Å². The second-order valence-corrected chi connectivity index (χ2v) is 10.4. The molecule has 0 amide bonds. The Labute approximate surface area is 215 Å². The van der Waals surface area contributed by atoms with Gasteiger partial charge in [-0.15, -0.1) is 0 Å². The number of benzene rings is 1. The fourth-order valence-electron chi connectivity index (χ4n) is 6.01. The lowest BCUT2D eigenvalue weighted by molar-refractivity contribution is -0.147. The number of nitrogens with zero attached hydrogens (tertiary/aromatic N) is 2. The molecule has 0 radical (unpaired) electrons. The maximum atomic E-state index is 12.9. The van der Waals surface area contributed by atoms with Crippen LogP contribution in [0.5, 0.6) is 0 Å². The number of methoxy groups -OCH3 is 1. The fourth-order valence-corrected chi connectivity index (χ4v) is 6.01. The monoisotopic (exact) mass is 492 g/mol. The maximum Gasteiger partial charge on any atom is 0.327 e. The highest BCUT2D eigenvalue weighted by molar-refractivity contribution is 5.78. The normalized spacial score (nSPS) is 22.9. The summed E-state index contributed by atoms with van der Waals surface area (Å²) >= 11 is 0. The minimum Gasteiger partial charge on any atom is -0.468 e. The van der Waals surface area contributed by atoms with E-state index in [1.165, 1.54) is 43.3 Å². The Morgan fingerprint density at radius 3 is 2.86 bits per heavy atom. The lowest BCUT2D eigenvalue weighted by Crippen LogP contribution is -2.35. The Morgan fingerprint density at radius 2 is 2.00 bits per heavy atom. The number of hydrogen-bond donors (Lipinski definition) is 0. The molecule has 3 atom stereocenters.